The number of hydrogen-bond donors (Lipinski definition) is 1. The van der Waals surface area contributed by atoms with Crippen LogP contribution in [0.2, 0.25) is 0 Å². The normalized spacial score (nSPS) is 28.8. The first-order chi connectivity index (χ1) is 6.50. The maximum atomic E-state index is 11.2. The van der Waals surface area contributed by atoms with Crippen LogP contribution < -0.4 is 0 Å². The van der Waals surface area contributed by atoms with Crippen molar-refractivity contribution in [3.05, 3.63) is 0 Å². The summed E-state index contributed by atoms with van der Waals surface area (Å²) in [6.07, 6.45) is 5.93. The third kappa shape index (κ3) is 2.10. The second kappa shape index (κ2) is 4.33. The van der Waals surface area contributed by atoms with Gasteiger partial charge in [0.05, 0.1) is 5.41 Å². The lowest BCUT2D eigenvalue weighted by atomic mass is 9.65. The number of carboxylic acid groups (broad SMARTS) is 1. The van der Waals surface area contributed by atoms with Crippen LogP contribution >= 0.6 is 0 Å². The van der Waals surface area contributed by atoms with Crippen molar-refractivity contribution in [1.82, 2.24) is 0 Å². The van der Waals surface area contributed by atoms with Gasteiger partial charge in [0.1, 0.15) is 0 Å². The average Bonchev–Trinajstić information content (AvgIpc) is 2.17. The van der Waals surface area contributed by atoms with E-state index < -0.39 is 11.4 Å². The van der Waals surface area contributed by atoms with Crippen molar-refractivity contribution >= 4 is 5.97 Å². The smallest absolute Gasteiger partial charge is 0.309 e. The summed E-state index contributed by atoms with van der Waals surface area (Å²) in [6, 6.07) is 0. The molecule has 1 aliphatic carbocycles. The van der Waals surface area contributed by atoms with Crippen molar-refractivity contribution in [2.24, 2.45) is 17.3 Å². The molecule has 0 bridgehead atoms. The molecular formula is C12H22O2. The molecule has 1 N–H and O–H groups in total. The Bertz CT molecular complexity index is 208. The van der Waals surface area contributed by atoms with Crippen LogP contribution in [0.4, 0.5) is 0 Å². The molecule has 0 aliphatic heterocycles. The molecule has 2 heteroatoms. The number of hydrogen-bond acceptors (Lipinski definition) is 1. The first-order valence-corrected chi connectivity index (χ1v) is 5.73. The molecule has 82 valence electrons. The molecule has 2 unspecified atom stereocenters. The minimum atomic E-state index is -0.636. The Labute approximate surface area is 86.7 Å². The molecule has 1 saturated carbocycles. The van der Waals surface area contributed by atoms with Crippen LogP contribution in [0.25, 0.3) is 0 Å². The lowest BCUT2D eigenvalue weighted by molar-refractivity contribution is -0.152. The van der Waals surface area contributed by atoms with Gasteiger partial charge in [0.2, 0.25) is 0 Å². The molecular weight excluding hydrogens is 176 g/mol. The van der Waals surface area contributed by atoms with Gasteiger partial charge in [-0.25, -0.2) is 0 Å². The summed E-state index contributed by atoms with van der Waals surface area (Å²) in [6.45, 7) is 5.95. The van der Waals surface area contributed by atoms with Gasteiger partial charge in [0, 0.05) is 0 Å². The topological polar surface area (TPSA) is 37.3 Å². The van der Waals surface area contributed by atoms with Crippen LogP contribution in [0.3, 0.4) is 0 Å². The average molecular weight is 198 g/mol. The molecule has 0 heterocycles. The largest absolute Gasteiger partial charge is 0.481 e. The van der Waals surface area contributed by atoms with E-state index in [1.54, 1.807) is 0 Å². The van der Waals surface area contributed by atoms with E-state index in [1.807, 2.05) is 13.8 Å². The van der Waals surface area contributed by atoms with Crippen molar-refractivity contribution in [3.8, 4) is 0 Å². The van der Waals surface area contributed by atoms with E-state index in [9.17, 15) is 9.90 Å². The highest BCUT2D eigenvalue weighted by molar-refractivity contribution is 5.74. The van der Waals surface area contributed by atoms with Gasteiger partial charge in [0.15, 0.2) is 0 Å². The van der Waals surface area contributed by atoms with Gasteiger partial charge in [-0.15, -0.1) is 0 Å². The van der Waals surface area contributed by atoms with Gasteiger partial charge in [-0.2, -0.15) is 0 Å². The maximum Gasteiger partial charge on any atom is 0.309 e. The molecule has 1 fully saturated rings. The highest BCUT2D eigenvalue weighted by Crippen LogP contribution is 2.43. The van der Waals surface area contributed by atoms with Crippen molar-refractivity contribution in [2.75, 3.05) is 0 Å². The predicted octanol–water partition coefficient (Wildman–Crippen LogP) is 3.31. The number of carboxylic acids is 1. The Hall–Kier alpha value is -0.530. The Morgan fingerprint density at radius 3 is 2.43 bits per heavy atom. The molecule has 2 atom stereocenters. The lowest BCUT2D eigenvalue weighted by Gasteiger charge is -2.39. The Morgan fingerprint density at radius 2 is 1.93 bits per heavy atom. The molecule has 0 amide bonds. The van der Waals surface area contributed by atoms with E-state index in [-0.39, 0.29) is 0 Å². The van der Waals surface area contributed by atoms with Gasteiger partial charge >= 0.3 is 5.97 Å². The van der Waals surface area contributed by atoms with E-state index in [4.69, 9.17) is 0 Å². The van der Waals surface area contributed by atoms with Crippen LogP contribution in [-0.2, 0) is 4.79 Å². The van der Waals surface area contributed by atoms with Crippen LogP contribution in [0.15, 0.2) is 0 Å². The van der Waals surface area contributed by atoms with Crippen molar-refractivity contribution in [3.63, 3.8) is 0 Å². The maximum absolute atomic E-state index is 11.2. The third-order valence-corrected chi connectivity index (χ3v) is 3.91. The number of rotatable bonds is 3. The Morgan fingerprint density at radius 1 is 1.36 bits per heavy atom. The summed E-state index contributed by atoms with van der Waals surface area (Å²) < 4.78 is 0. The minimum absolute atomic E-state index is 0.374. The molecule has 0 spiro atoms. The summed E-state index contributed by atoms with van der Waals surface area (Å²) in [4.78, 5) is 11.2. The molecule has 2 nitrogen and oxygen atoms in total. The number of carbonyl (C=O) groups is 1. The highest BCUT2D eigenvalue weighted by Gasteiger charge is 2.41. The van der Waals surface area contributed by atoms with Gasteiger partial charge in [-0.3, -0.25) is 4.79 Å². The van der Waals surface area contributed by atoms with Gasteiger partial charge < -0.3 is 5.11 Å². The summed E-state index contributed by atoms with van der Waals surface area (Å²) in [5, 5.41) is 9.21. The standard InChI is InChI=1S/C12H22O2/c1-4-9-7-5-6-8-10(9)12(2,3)11(13)14/h9-10H,4-8H2,1-3H3,(H,13,14). The summed E-state index contributed by atoms with van der Waals surface area (Å²) in [5.41, 5.74) is -0.541. The van der Waals surface area contributed by atoms with E-state index in [1.165, 1.54) is 19.3 Å². The fourth-order valence-electron chi connectivity index (χ4n) is 2.81. The van der Waals surface area contributed by atoms with Gasteiger partial charge in [-0.05, 0) is 32.1 Å². The first kappa shape index (κ1) is 11.5. The van der Waals surface area contributed by atoms with Crippen molar-refractivity contribution in [2.45, 2.75) is 52.9 Å². The van der Waals surface area contributed by atoms with Gasteiger partial charge in [0.25, 0.3) is 0 Å². The zero-order chi connectivity index (χ0) is 10.8. The second-order valence-corrected chi connectivity index (χ2v) is 5.09. The zero-order valence-corrected chi connectivity index (χ0v) is 9.55. The molecule has 1 aliphatic rings. The number of aliphatic carboxylic acids is 1. The quantitative estimate of drug-likeness (QED) is 0.755. The summed E-state index contributed by atoms with van der Waals surface area (Å²) in [5.74, 6) is 0.358. The second-order valence-electron chi connectivity index (χ2n) is 5.09. The van der Waals surface area contributed by atoms with E-state index in [2.05, 4.69) is 6.92 Å². The van der Waals surface area contributed by atoms with E-state index in [0.717, 1.165) is 12.8 Å². The summed E-state index contributed by atoms with van der Waals surface area (Å²) in [7, 11) is 0. The molecule has 1 rings (SSSR count). The first-order valence-electron chi connectivity index (χ1n) is 5.73. The Kier molecular flexibility index (Phi) is 3.57. The predicted molar refractivity (Wildman–Crippen MR) is 57.2 cm³/mol. The van der Waals surface area contributed by atoms with Crippen LogP contribution in [0.5, 0.6) is 0 Å². The molecule has 0 saturated heterocycles. The molecule has 0 aromatic heterocycles. The van der Waals surface area contributed by atoms with E-state index in [0.29, 0.717) is 11.8 Å². The SMILES string of the molecule is CCC1CCCCC1C(C)(C)C(=O)O. The third-order valence-electron chi connectivity index (χ3n) is 3.91. The van der Waals surface area contributed by atoms with Crippen LogP contribution in [0, 0.1) is 17.3 Å². The van der Waals surface area contributed by atoms with Crippen molar-refractivity contribution < 1.29 is 9.90 Å². The highest BCUT2D eigenvalue weighted by atomic mass is 16.4. The van der Waals surface area contributed by atoms with Crippen LogP contribution in [0.1, 0.15) is 52.9 Å². The molecule has 14 heavy (non-hydrogen) atoms. The van der Waals surface area contributed by atoms with Crippen molar-refractivity contribution in [1.29, 1.82) is 0 Å². The minimum Gasteiger partial charge on any atom is -0.481 e. The molecule has 0 aromatic rings. The fourth-order valence-corrected chi connectivity index (χ4v) is 2.81. The van der Waals surface area contributed by atoms with Gasteiger partial charge in [-0.1, -0.05) is 32.6 Å². The fraction of sp³-hybridized carbons (Fsp3) is 0.917. The zero-order valence-electron chi connectivity index (χ0n) is 9.55. The van der Waals surface area contributed by atoms with E-state index >= 15 is 0 Å². The molecule has 0 radical (unpaired) electrons. The Balaban J connectivity index is 2.77. The lowest BCUT2D eigenvalue weighted by Crippen LogP contribution is -2.38. The molecule has 0 aromatic carbocycles. The summed E-state index contributed by atoms with van der Waals surface area (Å²) >= 11 is 0. The monoisotopic (exact) mass is 198 g/mol. The van der Waals surface area contributed by atoms with Crippen LogP contribution in [-0.4, -0.2) is 11.1 Å².